The molecule has 17 nitrogen and oxygen atoms in total. The van der Waals surface area contributed by atoms with Gasteiger partial charge >= 0.3 is 6.03 Å². The number of rotatable bonds is 9. The van der Waals surface area contributed by atoms with E-state index in [2.05, 4.69) is 25.1 Å². The van der Waals surface area contributed by atoms with Gasteiger partial charge in [-0.3, -0.25) is 34.3 Å². The number of benzene rings is 3. The van der Waals surface area contributed by atoms with Gasteiger partial charge < -0.3 is 25.2 Å². The molecule has 0 bridgehead atoms. The van der Waals surface area contributed by atoms with Gasteiger partial charge in [0.1, 0.15) is 35.4 Å². The molecule has 0 radical (unpaired) electrons. The van der Waals surface area contributed by atoms with Crippen molar-refractivity contribution in [3.05, 3.63) is 90.3 Å². The first kappa shape index (κ1) is 41.1. The van der Waals surface area contributed by atoms with Crippen molar-refractivity contribution >= 4 is 52.2 Å². The van der Waals surface area contributed by atoms with Crippen molar-refractivity contribution < 1.29 is 28.7 Å². The largest absolute Gasteiger partial charge is 0.457 e. The Morgan fingerprint density at radius 3 is 2.30 bits per heavy atom. The van der Waals surface area contributed by atoms with Gasteiger partial charge in [-0.1, -0.05) is 18.2 Å². The summed E-state index contributed by atoms with van der Waals surface area (Å²) in [5.74, 6) is 0.382. The molecule has 6 amide bonds. The van der Waals surface area contributed by atoms with Crippen molar-refractivity contribution in [3.63, 3.8) is 0 Å². The van der Waals surface area contributed by atoms with Gasteiger partial charge in [-0.25, -0.2) is 19.4 Å². The molecule has 0 saturated carbocycles. The Hall–Kier alpha value is -6.88. The van der Waals surface area contributed by atoms with Crippen molar-refractivity contribution in [2.75, 3.05) is 69.5 Å². The normalized spacial score (nSPS) is 21.1. The topological polar surface area (TPSA) is 192 Å². The van der Waals surface area contributed by atoms with Gasteiger partial charge in [0.2, 0.25) is 11.8 Å². The number of anilines is 2. The van der Waals surface area contributed by atoms with E-state index in [0.29, 0.717) is 52.9 Å². The van der Waals surface area contributed by atoms with Crippen molar-refractivity contribution in [2.24, 2.45) is 5.92 Å². The van der Waals surface area contributed by atoms with Crippen LogP contribution in [0.2, 0.25) is 0 Å². The zero-order valence-electron chi connectivity index (χ0n) is 35.6. The number of imide groups is 2. The number of piperidine rings is 3. The Morgan fingerprint density at radius 2 is 1.53 bits per heavy atom. The van der Waals surface area contributed by atoms with Crippen LogP contribution in [0.25, 0.3) is 22.3 Å². The van der Waals surface area contributed by atoms with Crippen LogP contribution in [0.4, 0.5) is 16.3 Å². The Morgan fingerprint density at radius 1 is 0.781 bits per heavy atom. The van der Waals surface area contributed by atoms with Crippen LogP contribution in [0.15, 0.2) is 79.1 Å². The summed E-state index contributed by atoms with van der Waals surface area (Å²) in [6.07, 6.45) is 6.43. The summed E-state index contributed by atoms with van der Waals surface area (Å²) in [5, 5.41) is 8.03. The number of fused-ring (bicyclic) bond motifs is 2. The quantitative estimate of drug-likeness (QED) is 0.190. The number of ether oxygens (including phenoxy) is 1. The summed E-state index contributed by atoms with van der Waals surface area (Å²) in [6, 6.07) is 21.7. The summed E-state index contributed by atoms with van der Waals surface area (Å²) in [6.45, 7) is 7.03. The molecule has 2 unspecified atom stereocenters. The molecule has 3 aromatic carbocycles. The number of nitrogen functional groups attached to an aromatic ring is 1. The van der Waals surface area contributed by atoms with Crippen LogP contribution in [-0.2, 0) is 9.59 Å². The maximum absolute atomic E-state index is 14.0. The highest BCUT2D eigenvalue weighted by atomic mass is 16.5. The average molecular weight is 866 g/mol. The number of nitrogens with two attached hydrogens (primary N) is 1. The molecule has 330 valence electrons. The lowest BCUT2D eigenvalue weighted by Gasteiger charge is -2.40. The predicted molar refractivity (Wildman–Crippen MR) is 238 cm³/mol. The van der Waals surface area contributed by atoms with Gasteiger partial charge in [-0.05, 0) is 106 Å². The fraction of sp³-hybridized carbons (Fsp3) is 0.404. The minimum atomic E-state index is -0.980. The Bertz CT molecular complexity index is 2600. The lowest BCUT2D eigenvalue weighted by molar-refractivity contribution is -0.136. The van der Waals surface area contributed by atoms with Crippen molar-refractivity contribution in [1.82, 2.24) is 44.7 Å². The van der Waals surface area contributed by atoms with E-state index in [9.17, 15) is 24.0 Å². The second kappa shape index (κ2) is 17.4. The first-order chi connectivity index (χ1) is 31.2. The van der Waals surface area contributed by atoms with E-state index in [1.54, 1.807) is 12.1 Å². The second-order valence-electron chi connectivity index (χ2n) is 17.4. The predicted octanol–water partition coefficient (Wildman–Crippen LogP) is 4.95. The van der Waals surface area contributed by atoms with E-state index >= 15 is 0 Å². The molecular formula is C47H51N11O6. The third-order valence-corrected chi connectivity index (χ3v) is 13.5. The van der Waals surface area contributed by atoms with Crippen LogP contribution < -0.4 is 20.7 Å². The third-order valence-electron chi connectivity index (χ3n) is 13.5. The Labute approximate surface area is 370 Å². The highest BCUT2D eigenvalue weighted by Gasteiger charge is 2.45. The monoisotopic (exact) mass is 865 g/mol. The van der Waals surface area contributed by atoms with Crippen molar-refractivity contribution in [1.29, 1.82) is 0 Å². The van der Waals surface area contributed by atoms with Gasteiger partial charge in [0.05, 0.1) is 22.6 Å². The van der Waals surface area contributed by atoms with E-state index in [0.717, 1.165) is 99.8 Å². The molecule has 5 aliphatic heterocycles. The SMILES string of the molecule is Nc1ncnc2c1c(-c1ccc(Oc3ccccc3)cc1)nn2C1CCCN(C(=O)N2CCC(CCN3CCN(c4ccc5c(c4)C(=O)N(C4CCC(=O)NC4=O)C5=O)CC3)CC2)C1. The number of carbonyl (C=O) groups is 5. The number of nitrogens with one attached hydrogen (secondary N) is 1. The smallest absolute Gasteiger partial charge is 0.320 e. The third kappa shape index (κ3) is 7.99. The van der Waals surface area contributed by atoms with E-state index in [-0.39, 0.29) is 30.5 Å². The summed E-state index contributed by atoms with van der Waals surface area (Å²) >= 11 is 0. The molecule has 2 atom stereocenters. The van der Waals surface area contributed by atoms with E-state index < -0.39 is 29.7 Å². The number of likely N-dealkylation sites (tertiary alicyclic amines) is 2. The minimum absolute atomic E-state index is 0.0633. The van der Waals surface area contributed by atoms with Crippen LogP contribution in [0, 0.1) is 5.92 Å². The van der Waals surface area contributed by atoms with E-state index in [1.807, 2.05) is 75.1 Å². The molecule has 64 heavy (non-hydrogen) atoms. The van der Waals surface area contributed by atoms with Crippen LogP contribution in [-0.4, -0.2) is 134 Å². The van der Waals surface area contributed by atoms with Gasteiger partial charge in [0, 0.05) is 70.0 Å². The molecule has 5 aliphatic rings. The van der Waals surface area contributed by atoms with Crippen molar-refractivity contribution in [3.8, 4) is 22.8 Å². The van der Waals surface area contributed by atoms with Gasteiger partial charge in [-0.2, -0.15) is 5.10 Å². The molecular weight excluding hydrogens is 815 g/mol. The lowest BCUT2D eigenvalue weighted by Crippen LogP contribution is -2.54. The second-order valence-corrected chi connectivity index (χ2v) is 17.4. The Kier molecular flexibility index (Phi) is 11.2. The van der Waals surface area contributed by atoms with Gasteiger partial charge in [-0.15, -0.1) is 0 Å². The summed E-state index contributed by atoms with van der Waals surface area (Å²) in [5.41, 5.74) is 10.1. The molecule has 4 saturated heterocycles. The number of carbonyl (C=O) groups excluding carboxylic acids is 5. The molecule has 4 fully saturated rings. The Balaban J connectivity index is 0.705. The molecule has 5 aromatic rings. The highest BCUT2D eigenvalue weighted by molar-refractivity contribution is 6.23. The number of aromatic nitrogens is 4. The number of urea groups is 1. The maximum atomic E-state index is 14.0. The molecule has 0 aliphatic carbocycles. The average Bonchev–Trinajstić information content (AvgIpc) is 3.84. The fourth-order valence-corrected chi connectivity index (χ4v) is 9.95. The minimum Gasteiger partial charge on any atom is -0.457 e. The standard InChI is InChI=1S/C47H51N11O6/c48-42-40-41(31-8-11-35(12-9-31)64-34-6-2-1-3-7-34)52-58(43(40)50-29-49-42)33-5-4-19-56(28-33)47(63)55-21-17-30(18-22-55)16-20-53-23-25-54(26-24-53)32-10-13-36-37(27-32)46(62)57(45(36)61)38-14-15-39(59)51-44(38)60/h1-3,6-13,27,29-30,33,38H,4-5,14-26,28H2,(H2,48,49,50)(H,51,59,60). The van der Waals surface area contributed by atoms with Crippen LogP contribution in [0.3, 0.4) is 0 Å². The van der Waals surface area contributed by atoms with E-state index in [1.165, 1.54) is 6.33 Å². The molecule has 10 rings (SSSR count). The first-order valence-electron chi connectivity index (χ1n) is 22.4. The molecule has 0 spiro atoms. The molecule has 3 N–H and O–H groups in total. The number of para-hydroxylation sites is 1. The van der Waals surface area contributed by atoms with Crippen LogP contribution in [0.5, 0.6) is 11.5 Å². The molecule has 7 heterocycles. The van der Waals surface area contributed by atoms with Crippen LogP contribution in [0.1, 0.15) is 71.7 Å². The summed E-state index contributed by atoms with van der Waals surface area (Å²) in [7, 11) is 0. The number of nitrogens with zero attached hydrogens (tertiary/aromatic N) is 9. The zero-order valence-corrected chi connectivity index (χ0v) is 35.6. The first-order valence-corrected chi connectivity index (χ1v) is 22.4. The molecule has 2 aromatic heterocycles. The van der Waals surface area contributed by atoms with E-state index in [4.69, 9.17) is 15.6 Å². The van der Waals surface area contributed by atoms with Crippen molar-refractivity contribution in [2.45, 2.75) is 57.0 Å². The fourth-order valence-electron chi connectivity index (χ4n) is 9.95. The summed E-state index contributed by atoms with van der Waals surface area (Å²) in [4.78, 5) is 83.3. The zero-order chi connectivity index (χ0) is 43.9. The number of hydrogen-bond acceptors (Lipinski definition) is 12. The molecule has 17 heteroatoms. The number of piperazine rings is 1. The summed E-state index contributed by atoms with van der Waals surface area (Å²) < 4.78 is 7.95. The van der Waals surface area contributed by atoms with Gasteiger partial charge in [0.15, 0.2) is 5.65 Å². The lowest BCUT2D eigenvalue weighted by atomic mass is 9.93. The maximum Gasteiger partial charge on any atom is 0.320 e. The van der Waals surface area contributed by atoms with Gasteiger partial charge in [0.25, 0.3) is 11.8 Å². The van der Waals surface area contributed by atoms with Crippen LogP contribution >= 0.6 is 0 Å². The number of hydrogen-bond donors (Lipinski definition) is 2. The highest BCUT2D eigenvalue weighted by Crippen LogP contribution is 2.36. The number of amides is 6.